The zero-order chi connectivity index (χ0) is 22.3. The number of ketones is 1. The number of benzene rings is 1. The number of ether oxygens (including phenoxy) is 3. The van der Waals surface area contributed by atoms with Crippen LogP contribution in [0.2, 0.25) is 5.02 Å². The summed E-state index contributed by atoms with van der Waals surface area (Å²) in [5, 5.41) is 5.19. The van der Waals surface area contributed by atoms with E-state index in [1.807, 2.05) is 6.92 Å². The maximum absolute atomic E-state index is 13.1. The first-order chi connectivity index (χ1) is 14.7. The summed E-state index contributed by atoms with van der Waals surface area (Å²) in [5.41, 5.74) is 1.69. The molecular weight excluding hydrogens is 468 g/mol. The van der Waals surface area contributed by atoms with Crippen LogP contribution in [0.1, 0.15) is 26.5 Å². The van der Waals surface area contributed by atoms with Crippen molar-refractivity contribution in [1.82, 2.24) is 5.16 Å². The molecule has 0 radical (unpaired) electrons. The van der Waals surface area contributed by atoms with Crippen molar-refractivity contribution in [2.45, 2.75) is 25.2 Å². The lowest BCUT2D eigenvalue weighted by molar-refractivity contribution is 0.0993. The van der Waals surface area contributed by atoms with Gasteiger partial charge in [-0.1, -0.05) is 16.8 Å². The number of carbonyl (C=O) groups is 1. The van der Waals surface area contributed by atoms with Gasteiger partial charge in [-0.3, -0.25) is 4.79 Å². The zero-order valence-corrected chi connectivity index (χ0v) is 19.0. The summed E-state index contributed by atoms with van der Waals surface area (Å²) in [6.07, 6.45) is -0.0865. The van der Waals surface area contributed by atoms with Crippen molar-refractivity contribution in [1.29, 1.82) is 0 Å². The average Bonchev–Trinajstić information content (AvgIpc) is 3.45. The molecule has 0 saturated heterocycles. The number of nitrogens with one attached hydrogen (secondary N) is 1. The standard InChI is InChI=1S/C19H17ClN2O7S2/c1-9-6-13-17(28-8-27-13)16(26-3)11(9)7-12(23)18-14(4-5-30-18)31(24,25)22-19-15(20)10(2)21-29-19/h4-6,22H,7-8H2,1-3H3. The van der Waals surface area contributed by atoms with Gasteiger partial charge in [0, 0.05) is 12.0 Å². The summed E-state index contributed by atoms with van der Waals surface area (Å²) >= 11 is 7.02. The van der Waals surface area contributed by atoms with Crippen LogP contribution < -0.4 is 18.9 Å². The molecule has 0 saturated carbocycles. The van der Waals surface area contributed by atoms with Gasteiger partial charge in [0.2, 0.25) is 12.5 Å². The number of carbonyl (C=O) groups excluding carboxylic acids is 1. The number of sulfonamides is 1. The molecule has 0 unspecified atom stereocenters. The van der Waals surface area contributed by atoms with E-state index < -0.39 is 15.8 Å². The summed E-state index contributed by atoms with van der Waals surface area (Å²) in [6, 6.07) is 3.11. The van der Waals surface area contributed by atoms with Gasteiger partial charge in [0.1, 0.15) is 15.6 Å². The van der Waals surface area contributed by atoms with Crippen LogP contribution >= 0.6 is 22.9 Å². The van der Waals surface area contributed by atoms with Crippen molar-refractivity contribution in [3.63, 3.8) is 0 Å². The Morgan fingerprint density at radius 1 is 1.35 bits per heavy atom. The third-order valence-corrected chi connectivity index (χ3v) is 7.58. The van der Waals surface area contributed by atoms with Crippen molar-refractivity contribution in [3.05, 3.63) is 44.2 Å². The predicted molar refractivity (Wildman–Crippen MR) is 113 cm³/mol. The molecule has 1 aliphatic heterocycles. The Balaban J connectivity index is 1.65. The van der Waals surface area contributed by atoms with E-state index in [4.69, 9.17) is 30.3 Å². The van der Waals surface area contributed by atoms with Crippen LogP contribution in [0.15, 0.2) is 26.9 Å². The smallest absolute Gasteiger partial charge is 0.265 e. The number of hydrogen-bond donors (Lipinski definition) is 1. The van der Waals surface area contributed by atoms with Crippen LogP contribution in [-0.4, -0.2) is 33.3 Å². The highest BCUT2D eigenvalue weighted by atomic mass is 35.5. The van der Waals surface area contributed by atoms with E-state index in [1.54, 1.807) is 13.0 Å². The van der Waals surface area contributed by atoms with Gasteiger partial charge in [-0.25, -0.2) is 13.1 Å². The third-order valence-electron chi connectivity index (χ3n) is 4.68. The SMILES string of the molecule is COc1c(CC(=O)c2sccc2S(=O)(=O)Nc2onc(C)c2Cl)c(C)cc2c1OCO2. The number of thiophene rings is 1. The summed E-state index contributed by atoms with van der Waals surface area (Å²) in [4.78, 5) is 13.0. The van der Waals surface area contributed by atoms with E-state index in [1.165, 1.54) is 18.6 Å². The predicted octanol–water partition coefficient (Wildman–Crippen LogP) is 3.97. The molecule has 0 amide bonds. The molecule has 1 aromatic carbocycles. The molecule has 1 aliphatic rings. The molecule has 0 bridgehead atoms. The maximum atomic E-state index is 13.1. The van der Waals surface area contributed by atoms with Gasteiger partial charge in [0.25, 0.3) is 15.9 Å². The van der Waals surface area contributed by atoms with Gasteiger partial charge in [0.05, 0.1) is 12.0 Å². The fraction of sp³-hybridized carbons (Fsp3) is 0.263. The van der Waals surface area contributed by atoms with Crippen LogP contribution in [0.5, 0.6) is 17.2 Å². The van der Waals surface area contributed by atoms with E-state index in [9.17, 15) is 13.2 Å². The molecule has 4 rings (SSSR count). The zero-order valence-electron chi connectivity index (χ0n) is 16.6. The normalized spacial score (nSPS) is 12.8. The number of nitrogens with zero attached hydrogens (tertiary/aromatic N) is 1. The Morgan fingerprint density at radius 2 is 2.13 bits per heavy atom. The topological polar surface area (TPSA) is 117 Å². The van der Waals surface area contributed by atoms with Crippen molar-refractivity contribution < 1.29 is 31.9 Å². The number of halogens is 1. The summed E-state index contributed by atoms with van der Waals surface area (Å²) in [6.45, 7) is 3.45. The van der Waals surface area contributed by atoms with Crippen LogP contribution in [0, 0.1) is 13.8 Å². The van der Waals surface area contributed by atoms with Gasteiger partial charge >= 0.3 is 0 Å². The minimum absolute atomic E-state index is 0.0485. The lowest BCUT2D eigenvalue weighted by atomic mass is 10.00. The minimum Gasteiger partial charge on any atom is -0.492 e. The second-order valence-corrected chi connectivity index (χ2v) is 9.61. The maximum Gasteiger partial charge on any atom is 0.265 e. The Labute approximate surface area is 186 Å². The van der Waals surface area contributed by atoms with Crippen molar-refractivity contribution in [2.75, 3.05) is 18.6 Å². The molecule has 2 aromatic heterocycles. The summed E-state index contributed by atoms with van der Waals surface area (Å²) < 4.78 is 49.2. The quantitative estimate of drug-likeness (QED) is 0.500. The molecular formula is C19H17ClN2O7S2. The van der Waals surface area contributed by atoms with E-state index in [2.05, 4.69) is 9.88 Å². The molecule has 0 fully saturated rings. The Morgan fingerprint density at radius 3 is 2.81 bits per heavy atom. The Bertz CT molecular complexity index is 1280. The summed E-state index contributed by atoms with van der Waals surface area (Å²) in [5.74, 6) is 0.747. The number of hydrogen-bond acceptors (Lipinski definition) is 9. The second-order valence-electron chi connectivity index (χ2n) is 6.67. The number of rotatable bonds is 7. The van der Waals surface area contributed by atoms with Gasteiger partial charge in [-0.15, -0.1) is 11.3 Å². The lowest BCUT2D eigenvalue weighted by Crippen LogP contribution is -2.16. The fourth-order valence-corrected chi connectivity index (χ4v) is 5.72. The minimum atomic E-state index is -4.14. The second kappa shape index (κ2) is 8.06. The molecule has 31 heavy (non-hydrogen) atoms. The van der Waals surface area contributed by atoms with E-state index in [0.717, 1.165) is 16.9 Å². The molecule has 12 heteroatoms. The first kappa shape index (κ1) is 21.5. The fourth-order valence-electron chi connectivity index (χ4n) is 3.16. The van der Waals surface area contributed by atoms with Gasteiger partial charge in [0.15, 0.2) is 17.3 Å². The molecule has 0 spiro atoms. The number of Topliss-reactive ketones (excluding diaryl/α,β-unsaturated/α-hetero) is 1. The first-order valence-electron chi connectivity index (χ1n) is 8.94. The monoisotopic (exact) mass is 484 g/mol. The number of aromatic nitrogens is 1. The molecule has 9 nitrogen and oxygen atoms in total. The molecule has 1 N–H and O–H groups in total. The molecule has 0 aliphatic carbocycles. The Kier molecular flexibility index (Phi) is 5.58. The van der Waals surface area contributed by atoms with Gasteiger partial charge < -0.3 is 18.7 Å². The first-order valence-corrected chi connectivity index (χ1v) is 11.7. The van der Waals surface area contributed by atoms with Gasteiger partial charge in [-0.05, 0) is 36.9 Å². The third kappa shape index (κ3) is 3.84. The summed E-state index contributed by atoms with van der Waals surface area (Å²) in [7, 11) is -2.67. The molecule has 164 valence electrons. The number of aryl methyl sites for hydroxylation is 2. The highest BCUT2D eigenvalue weighted by molar-refractivity contribution is 7.93. The van der Waals surface area contributed by atoms with Gasteiger partial charge in [-0.2, -0.15) is 0 Å². The van der Waals surface area contributed by atoms with Crippen LogP contribution in [0.3, 0.4) is 0 Å². The van der Waals surface area contributed by atoms with Crippen molar-refractivity contribution in [3.8, 4) is 17.2 Å². The van der Waals surface area contributed by atoms with E-state index in [-0.39, 0.29) is 33.9 Å². The van der Waals surface area contributed by atoms with Crippen LogP contribution in [0.4, 0.5) is 5.88 Å². The van der Waals surface area contributed by atoms with Crippen LogP contribution in [0.25, 0.3) is 0 Å². The highest BCUT2D eigenvalue weighted by Gasteiger charge is 2.29. The molecule has 3 aromatic rings. The van der Waals surface area contributed by atoms with E-state index in [0.29, 0.717) is 28.5 Å². The van der Waals surface area contributed by atoms with Crippen molar-refractivity contribution in [2.24, 2.45) is 0 Å². The van der Waals surface area contributed by atoms with E-state index >= 15 is 0 Å². The number of methoxy groups -OCH3 is 1. The largest absolute Gasteiger partial charge is 0.492 e. The number of fused-ring (bicyclic) bond motifs is 1. The average molecular weight is 485 g/mol. The number of anilines is 1. The lowest BCUT2D eigenvalue weighted by Gasteiger charge is -2.14. The van der Waals surface area contributed by atoms with Crippen LogP contribution in [-0.2, 0) is 16.4 Å². The highest BCUT2D eigenvalue weighted by Crippen LogP contribution is 2.45. The van der Waals surface area contributed by atoms with Crippen molar-refractivity contribution >= 4 is 44.6 Å². The molecule has 3 heterocycles. The Hall–Kier alpha value is -2.76. The molecule has 0 atom stereocenters.